The topological polar surface area (TPSA) is 29.3 Å². The van der Waals surface area contributed by atoms with Crippen LogP contribution in [0, 0.1) is 5.82 Å². The number of halogens is 1. The lowest BCUT2D eigenvalue weighted by atomic mass is 9.94. The van der Waals surface area contributed by atoms with Gasteiger partial charge in [-0.3, -0.25) is 4.90 Å². The van der Waals surface area contributed by atoms with Crippen LogP contribution in [-0.2, 0) is 6.54 Å². The van der Waals surface area contributed by atoms with Crippen molar-refractivity contribution in [2.75, 3.05) is 6.54 Å². The summed E-state index contributed by atoms with van der Waals surface area (Å²) in [5, 5.41) is 0. The molecule has 110 valence electrons. The van der Waals surface area contributed by atoms with Crippen LogP contribution >= 0.6 is 12.2 Å². The molecule has 2 nitrogen and oxygen atoms in total. The van der Waals surface area contributed by atoms with Crippen molar-refractivity contribution in [2.45, 2.75) is 51.6 Å². The predicted molar refractivity (Wildman–Crippen MR) is 85.2 cm³/mol. The van der Waals surface area contributed by atoms with Crippen molar-refractivity contribution < 1.29 is 4.39 Å². The molecule has 1 aliphatic carbocycles. The molecule has 2 N–H and O–H groups in total. The second-order valence-corrected chi connectivity index (χ2v) is 6.01. The zero-order valence-corrected chi connectivity index (χ0v) is 12.9. The Kier molecular flexibility index (Phi) is 5.49. The summed E-state index contributed by atoms with van der Waals surface area (Å²) in [6, 6.07) is 5.54. The third-order valence-corrected chi connectivity index (χ3v) is 4.36. The smallest absolute Gasteiger partial charge is 0.124 e. The first-order chi connectivity index (χ1) is 9.60. The lowest BCUT2D eigenvalue weighted by Gasteiger charge is -2.33. The molecule has 1 saturated carbocycles. The molecule has 1 aromatic carbocycles. The van der Waals surface area contributed by atoms with E-state index in [-0.39, 0.29) is 10.8 Å². The van der Waals surface area contributed by atoms with Gasteiger partial charge in [-0.05, 0) is 43.1 Å². The zero-order valence-electron chi connectivity index (χ0n) is 12.1. The molecule has 2 rings (SSSR count). The van der Waals surface area contributed by atoms with Crippen molar-refractivity contribution in [3.63, 3.8) is 0 Å². The number of nitrogens with zero attached hydrogens (tertiary/aromatic N) is 1. The fourth-order valence-corrected chi connectivity index (χ4v) is 3.18. The molecule has 0 atom stereocenters. The molecule has 4 heteroatoms. The predicted octanol–water partition coefficient (Wildman–Crippen LogP) is 3.61. The van der Waals surface area contributed by atoms with Crippen molar-refractivity contribution in [3.8, 4) is 0 Å². The first-order valence-corrected chi connectivity index (χ1v) is 7.84. The molecule has 0 unspecified atom stereocenters. The van der Waals surface area contributed by atoms with Crippen LogP contribution in [0.2, 0.25) is 0 Å². The highest BCUT2D eigenvalue weighted by molar-refractivity contribution is 7.80. The van der Waals surface area contributed by atoms with Crippen molar-refractivity contribution in [1.82, 2.24) is 4.90 Å². The van der Waals surface area contributed by atoms with Gasteiger partial charge in [-0.25, -0.2) is 4.39 Å². The van der Waals surface area contributed by atoms with E-state index in [1.165, 1.54) is 38.2 Å². The summed E-state index contributed by atoms with van der Waals surface area (Å²) >= 11 is 4.95. The van der Waals surface area contributed by atoms with Crippen LogP contribution in [0.3, 0.4) is 0 Å². The molecule has 20 heavy (non-hydrogen) atoms. The monoisotopic (exact) mass is 294 g/mol. The van der Waals surface area contributed by atoms with Gasteiger partial charge in [0.25, 0.3) is 0 Å². The molecule has 0 aliphatic heterocycles. The molecule has 0 amide bonds. The van der Waals surface area contributed by atoms with Gasteiger partial charge in [0.2, 0.25) is 0 Å². The van der Waals surface area contributed by atoms with Gasteiger partial charge in [0.15, 0.2) is 0 Å². The standard InChI is InChI=1S/C16H23FN2S/c1-2-19(15-6-4-3-5-7-15)11-12-8-13(16(18)20)10-14(17)9-12/h8-10,15H,2-7,11H2,1H3,(H2,18,20). The van der Waals surface area contributed by atoms with E-state index in [1.54, 1.807) is 6.07 Å². The van der Waals surface area contributed by atoms with E-state index < -0.39 is 0 Å². The molecule has 0 aromatic heterocycles. The van der Waals surface area contributed by atoms with E-state index >= 15 is 0 Å². The highest BCUT2D eigenvalue weighted by Crippen LogP contribution is 2.24. The number of nitrogens with two attached hydrogens (primary N) is 1. The molecule has 1 fully saturated rings. The van der Waals surface area contributed by atoms with Crippen LogP contribution < -0.4 is 5.73 Å². The summed E-state index contributed by atoms with van der Waals surface area (Å²) in [5.74, 6) is -0.259. The first kappa shape index (κ1) is 15.4. The van der Waals surface area contributed by atoms with E-state index in [1.807, 2.05) is 6.07 Å². The fraction of sp³-hybridized carbons (Fsp3) is 0.562. The fourth-order valence-electron chi connectivity index (χ4n) is 3.06. The van der Waals surface area contributed by atoms with Gasteiger partial charge < -0.3 is 5.73 Å². The molecular weight excluding hydrogens is 271 g/mol. The maximum absolute atomic E-state index is 13.7. The number of hydrogen-bond donors (Lipinski definition) is 1. The largest absolute Gasteiger partial charge is 0.389 e. The SMILES string of the molecule is CCN(Cc1cc(F)cc(C(N)=S)c1)C1CCCCC1. The van der Waals surface area contributed by atoms with Gasteiger partial charge in [-0.2, -0.15) is 0 Å². The van der Waals surface area contributed by atoms with Gasteiger partial charge in [-0.15, -0.1) is 0 Å². The molecule has 0 heterocycles. The van der Waals surface area contributed by atoms with Gasteiger partial charge in [0.1, 0.15) is 10.8 Å². The Morgan fingerprint density at radius 1 is 1.30 bits per heavy atom. The molecule has 0 radical (unpaired) electrons. The maximum atomic E-state index is 13.7. The molecule has 0 saturated heterocycles. The highest BCUT2D eigenvalue weighted by Gasteiger charge is 2.20. The van der Waals surface area contributed by atoms with E-state index in [0.717, 1.165) is 18.7 Å². The number of thiocarbonyl (C=S) groups is 1. The van der Waals surface area contributed by atoms with Crippen molar-refractivity contribution >= 4 is 17.2 Å². The van der Waals surface area contributed by atoms with E-state index in [2.05, 4.69) is 11.8 Å². The summed E-state index contributed by atoms with van der Waals surface area (Å²) < 4.78 is 13.7. The summed E-state index contributed by atoms with van der Waals surface area (Å²) in [7, 11) is 0. The number of hydrogen-bond acceptors (Lipinski definition) is 2. The van der Waals surface area contributed by atoms with Crippen LogP contribution in [0.1, 0.15) is 50.2 Å². The Labute approximate surface area is 126 Å². The summed E-state index contributed by atoms with van der Waals surface area (Å²) in [6.45, 7) is 3.93. The van der Waals surface area contributed by atoms with E-state index in [4.69, 9.17) is 18.0 Å². The minimum Gasteiger partial charge on any atom is -0.389 e. The van der Waals surface area contributed by atoms with E-state index in [0.29, 0.717) is 11.6 Å². The Morgan fingerprint density at radius 3 is 2.60 bits per heavy atom. The third kappa shape index (κ3) is 4.00. The minimum atomic E-state index is -0.259. The van der Waals surface area contributed by atoms with Crippen molar-refractivity contribution in [2.24, 2.45) is 5.73 Å². The molecular formula is C16H23FN2S. The summed E-state index contributed by atoms with van der Waals surface area (Å²) in [6.07, 6.45) is 6.47. The first-order valence-electron chi connectivity index (χ1n) is 7.43. The average Bonchev–Trinajstić information content (AvgIpc) is 2.45. The molecule has 1 aromatic rings. The number of rotatable bonds is 5. The quantitative estimate of drug-likeness (QED) is 0.841. The lowest BCUT2D eigenvalue weighted by molar-refractivity contribution is 0.156. The third-order valence-electron chi connectivity index (χ3n) is 4.13. The number of benzene rings is 1. The van der Waals surface area contributed by atoms with Crippen LogP contribution in [0.25, 0.3) is 0 Å². The van der Waals surface area contributed by atoms with Gasteiger partial charge in [-0.1, -0.05) is 38.4 Å². The minimum absolute atomic E-state index is 0.256. The second-order valence-electron chi connectivity index (χ2n) is 5.57. The maximum Gasteiger partial charge on any atom is 0.124 e. The van der Waals surface area contributed by atoms with Gasteiger partial charge in [0, 0.05) is 18.2 Å². The highest BCUT2D eigenvalue weighted by atomic mass is 32.1. The molecule has 0 bridgehead atoms. The average molecular weight is 294 g/mol. The normalized spacial score (nSPS) is 16.6. The van der Waals surface area contributed by atoms with Crippen molar-refractivity contribution in [3.05, 3.63) is 35.1 Å². The van der Waals surface area contributed by atoms with Gasteiger partial charge in [0.05, 0.1) is 0 Å². The zero-order chi connectivity index (χ0) is 14.5. The summed E-state index contributed by atoms with van der Waals surface area (Å²) in [5.41, 5.74) is 7.19. The Bertz CT molecular complexity index is 470. The molecule has 0 spiro atoms. The Balaban J connectivity index is 2.12. The van der Waals surface area contributed by atoms with Crippen LogP contribution in [0.15, 0.2) is 18.2 Å². The Hall–Kier alpha value is -1.00. The van der Waals surface area contributed by atoms with Crippen molar-refractivity contribution in [1.29, 1.82) is 0 Å². The van der Waals surface area contributed by atoms with Gasteiger partial charge >= 0.3 is 0 Å². The molecule has 1 aliphatic rings. The summed E-state index contributed by atoms with van der Waals surface area (Å²) in [4.78, 5) is 2.70. The second kappa shape index (κ2) is 7.14. The van der Waals surface area contributed by atoms with Crippen LogP contribution in [0.5, 0.6) is 0 Å². The lowest BCUT2D eigenvalue weighted by Crippen LogP contribution is -2.36. The van der Waals surface area contributed by atoms with E-state index in [9.17, 15) is 4.39 Å². The Morgan fingerprint density at radius 2 is 2.00 bits per heavy atom. The van der Waals surface area contributed by atoms with Crippen LogP contribution in [-0.4, -0.2) is 22.5 Å². The van der Waals surface area contributed by atoms with Crippen LogP contribution in [0.4, 0.5) is 4.39 Å².